The number of aromatic nitrogens is 1. The van der Waals surface area contributed by atoms with Crippen LogP contribution in [0.25, 0.3) is 0 Å². The second kappa shape index (κ2) is 6.60. The molecule has 2 N–H and O–H groups in total. The Hall–Kier alpha value is -2.76. The SMILES string of the molecule is CNc1cccc(C(=O)Nc2cc(OC)ccc2OC)n1. The van der Waals surface area contributed by atoms with Crippen molar-refractivity contribution in [3.05, 3.63) is 42.1 Å². The van der Waals surface area contributed by atoms with Gasteiger partial charge in [0, 0.05) is 13.1 Å². The number of ether oxygens (including phenoxy) is 2. The van der Waals surface area contributed by atoms with Crippen LogP contribution >= 0.6 is 0 Å². The predicted molar refractivity (Wildman–Crippen MR) is 81.3 cm³/mol. The minimum absolute atomic E-state index is 0.312. The minimum Gasteiger partial charge on any atom is -0.497 e. The van der Waals surface area contributed by atoms with E-state index in [-0.39, 0.29) is 5.91 Å². The van der Waals surface area contributed by atoms with Crippen molar-refractivity contribution in [1.82, 2.24) is 4.98 Å². The fourth-order valence-electron chi connectivity index (χ4n) is 1.80. The Morgan fingerprint density at radius 2 is 1.95 bits per heavy atom. The van der Waals surface area contributed by atoms with Crippen LogP contribution in [0, 0.1) is 0 Å². The summed E-state index contributed by atoms with van der Waals surface area (Å²) in [7, 11) is 4.85. The first kappa shape index (κ1) is 14.6. The average Bonchev–Trinajstić information content (AvgIpc) is 2.54. The quantitative estimate of drug-likeness (QED) is 0.883. The second-order valence-electron chi connectivity index (χ2n) is 4.18. The maximum Gasteiger partial charge on any atom is 0.274 e. The third kappa shape index (κ3) is 3.42. The van der Waals surface area contributed by atoms with Crippen molar-refractivity contribution in [2.24, 2.45) is 0 Å². The number of amides is 1. The van der Waals surface area contributed by atoms with Gasteiger partial charge in [-0.05, 0) is 24.3 Å². The predicted octanol–water partition coefficient (Wildman–Crippen LogP) is 2.39. The van der Waals surface area contributed by atoms with Gasteiger partial charge in [0.25, 0.3) is 5.91 Å². The standard InChI is InChI=1S/C15H17N3O3/c1-16-14-6-4-5-11(17-14)15(19)18-12-9-10(20-2)7-8-13(12)21-3/h4-9H,1-3H3,(H,16,17)(H,18,19). The number of methoxy groups -OCH3 is 2. The Morgan fingerprint density at radius 1 is 1.14 bits per heavy atom. The van der Waals surface area contributed by atoms with E-state index in [9.17, 15) is 4.79 Å². The van der Waals surface area contributed by atoms with E-state index in [0.717, 1.165) is 0 Å². The molecule has 0 aliphatic rings. The average molecular weight is 287 g/mol. The molecule has 0 fully saturated rings. The lowest BCUT2D eigenvalue weighted by Gasteiger charge is -2.11. The van der Waals surface area contributed by atoms with Crippen LogP contribution in [0.5, 0.6) is 11.5 Å². The molecule has 0 saturated heterocycles. The molecule has 6 heteroatoms. The minimum atomic E-state index is -0.321. The first-order chi connectivity index (χ1) is 10.2. The summed E-state index contributed by atoms with van der Waals surface area (Å²) in [5, 5.41) is 5.66. The molecule has 0 radical (unpaired) electrons. The summed E-state index contributed by atoms with van der Waals surface area (Å²) in [6, 6.07) is 10.4. The highest BCUT2D eigenvalue weighted by atomic mass is 16.5. The van der Waals surface area contributed by atoms with E-state index in [4.69, 9.17) is 9.47 Å². The molecule has 1 amide bonds. The normalized spacial score (nSPS) is 9.86. The molecule has 1 aromatic heterocycles. The fourth-order valence-corrected chi connectivity index (χ4v) is 1.80. The van der Waals surface area contributed by atoms with Crippen molar-refractivity contribution < 1.29 is 14.3 Å². The molecule has 0 saturated carbocycles. The number of pyridine rings is 1. The molecule has 2 rings (SSSR count). The summed E-state index contributed by atoms with van der Waals surface area (Å²) in [6.07, 6.45) is 0. The lowest BCUT2D eigenvalue weighted by Crippen LogP contribution is -2.15. The fraction of sp³-hybridized carbons (Fsp3) is 0.200. The summed E-state index contributed by atoms with van der Waals surface area (Å²) in [5.41, 5.74) is 0.838. The summed E-state index contributed by atoms with van der Waals surface area (Å²) in [4.78, 5) is 16.4. The number of nitrogens with one attached hydrogen (secondary N) is 2. The van der Waals surface area contributed by atoms with E-state index in [0.29, 0.717) is 28.7 Å². The molecule has 0 unspecified atom stereocenters. The molecule has 0 spiro atoms. The summed E-state index contributed by atoms with van der Waals surface area (Å²) >= 11 is 0. The third-order valence-corrected chi connectivity index (χ3v) is 2.89. The van der Waals surface area contributed by atoms with Crippen molar-refractivity contribution >= 4 is 17.4 Å². The first-order valence-electron chi connectivity index (χ1n) is 6.36. The molecule has 21 heavy (non-hydrogen) atoms. The molecule has 1 heterocycles. The summed E-state index contributed by atoms with van der Waals surface area (Å²) < 4.78 is 10.4. The van der Waals surface area contributed by atoms with Gasteiger partial charge < -0.3 is 20.1 Å². The second-order valence-corrected chi connectivity index (χ2v) is 4.18. The number of hydrogen-bond acceptors (Lipinski definition) is 5. The van der Waals surface area contributed by atoms with E-state index >= 15 is 0 Å². The molecular formula is C15H17N3O3. The van der Waals surface area contributed by atoms with Crippen LogP contribution in [-0.2, 0) is 0 Å². The molecule has 0 aliphatic carbocycles. The zero-order valence-corrected chi connectivity index (χ0v) is 12.1. The van der Waals surface area contributed by atoms with Crippen molar-refractivity contribution in [3.8, 4) is 11.5 Å². The lowest BCUT2D eigenvalue weighted by atomic mass is 10.2. The third-order valence-electron chi connectivity index (χ3n) is 2.89. The Bertz CT molecular complexity index is 644. The van der Waals surface area contributed by atoms with E-state index in [1.54, 1.807) is 50.6 Å². The van der Waals surface area contributed by atoms with Crippen molar-refractivity contribution in [1.29, 1.82) is 0 Å². The van der Waals surface area contributed by atoms with Crippen LogP contribution in [0.3, 0.4) is 0 Å². The Kier molecular flexibility index (Phi) is 4.61. The maximum atomic E-state index is 12.3. The number of rotatable bonds is 5. The van der Waals surface area contributed by atoms with Crippen LogP contribution in [-0.4, -0.2) is 32.2 Å². The van der Waals surface area contributed by atoms with Gasteiger partial charge in [-0.1, -0.05) is 6.07 Å². The van der Waals surface area contributed by atoms with Gasteiger partial charge in [-0.2, -0.15) is 0 Å². The van der Waals surface area contributed by atoms with Crippen LogP contribution in [0.4, 0.5) is 11.5 Å². The van der Waals surface area contributed by atoms with E-state index < -0.39 is 0 Å². The van der Waals surface area contributed by atoms with E-state index in [1.807, 2.05) is 0 Å². The summed E-state index contributed by atoms with van der Waals surface area (Å²) in [6.45, 7) is 0. The largest absolute Gasteiger partial charge is 0.497 e. The summed E-state index contributed by atoms with van der Waals surface area (Å²) in [5.74, 6) is 1.48. The molecule has 0 bridgehead atoms. The molecule has 0 aliphatic heterocycles. The van der Waals surface area contributed by atoms with Crippen LogP contribution in [0.1, 0.15) is 10.5 Å². The van der Waals surface area contributed by atoms with Crippen molar-refractivity contribution in [2.75, 3.05) is 31.9 Å². The van der Waals surface area contributed by atoms with Gasteiger partial charge in [0.15, 0.2) is 0 Å². The van der Waals surface area contributed by atoms with Gasteiger partial charge in [-0.25, -0.2) is 4.98 Å². The van der Waals surface area contributed by atoms with Crippen LogP contribution in [0.15, 0.2) is 36.4 Å². The molecule has 2 aromatic rings. The molecular weight excluding hydrogens is 270 g/mol. The molecule has 0 atom stereocenters. The van der Waals surface area contributed by atoms with Crippen LogP contribution < -0.4 is 20.1 Å². The monoisotopic (exact) mass is 287 g/mol. The lowest BCUT2D eigenvalue weighted by molar-refractivity contribution is 0.102. The highest BCUT2D eigenvalue weighted by Crippen LogP contribution is 2.29. The number of carbonyl (C=O) groups is 1. The Labute approximate surface area is 123 Å². The van der Waals surface area contributed by atoms with Gasteiger partial charge in [0.05, 0.1) is 19.9 Å². The highest BCUT2D eigenvalue weighted by molar-refractivity contribution is 6.04. The van der Waals surface area contributed by atoms with Crippen molar-refractivity contribution in [3.63, 3.8) is 0 Å². The Balaban J connectivity index is 2.25. The molecule has 1 aromatic carbocycles. The van der Waals surface area contributed by atoms with Gasteiger partial charge in [-0.15, -0.1) is 0 Å². The maximum absolute atomic E-state index is 12.3. The molecule has 6 nitrogen and oxygen atoms in total. The van der Waals surface area contributed by atoms with E-state index in [1.165, 1.54) is 7.11 Å². The number of anilines is 2. The van der Waals surface area contributed by atoms with Crippen LogP contribution in [0.2, 0.25) is 0 Å². The zero-order valence-electron chi connectivity index (χ0n) is 12.1. The first-order valence-corrected chi connectivity index (χ1v) is 6.36. The Morgan fingerprint density at radius 3 is 2.62 bits per heavy atom. The molecule has 110 valence electrons. The number of carbonyl (C=O) groups excluding carboxylic acids is 1. The van der Waals surface area contributed by atoms with E-state index in [2.05, 4.69) is 15.6 Å². The van der Waals surface area contributed by atoms with Crippen molar-refractivity contribution in [2.45, 2.75) is 0 Å². The number of nitrogens with zero attached hydrogens (tertiary/aromatic N) is 1. The van der Waals surface area contributed by atoms with Gasteiger partial charge in [0.1, 0.15) is 23.0 Å². The number of hydrogen-bond donors (Lipinski definition) is 2. The topological polar surface area (TPSA) is 72.5 Å². The van der Waals surface area contributed by atoms with Gasteiger partial charge in [-0.3, -0.25) is 4.79 Å². The number of benzene rings is 1. The highest BCUT2D eigenvalue weighted by Gasteiger charge is 2.12. The van der Waals surface area contributed by atoms with Gasteiger partial charge in [0.2, 0.25) is 0 Å². The zero-order chi connectivity index (χ0) is 15.2. The van der Waals surface area contributed by atoms with Gasteiger partial charge >= 0.3 is 0 Å². The smallest absolute Gasteiger partial charge is 0.274 e.